The van der Waals surface area contributed by atoms with E-state index in [1.807, 2.05) is 13.8 Å². The largest absolute Gasteiger partial charge is 0.330 e. The molecule has 10 heteroatoms. The molecule has 0 aliphatic heterocycles. The van der Waals surface area contributed by atoms with Gasteiger partial charge in [0, 0.05) is 6.54 Å². The van der Waals surface area contributed by atoms with Crippen molar-refractivity contribution in [3.63, 3.8) is 0 Å². The molecule has 0 saturated carbocycles. The molecule has 35 heavy (non-hydrogen) atoms. The summed E-state index contributed by atoms with van der Waals surface area (Å²) in [6.07, 6.45) is 6.54. The highest BCUT2D eigenvalue weighted by atomic mass is 16.2. The van der Waals surface area contributed by atoms with Crippen LogP contribution in [0.25, 0.3) is 0 Å². The SMILES string of the molecule is CCNN[C@@H](CCCCN)C(=O)C(C)C(=O)[C@H](CCCCN)NC(C)N[C@@H](CCCCN)C(C)=O. The van der Waals surface area contributed by atoms with E-state index in [4.69, 9.17) is 17.2 Å². The Morgan fingerprint density at radius 1 is 0.686 bits per heavy atom. The van der Waals surface area contributed by atoms with Crippen molar-refractivity contribution in [3.8, 4) is 0 Å². The minimum atomic E-state index is -0.764. The Bertz CT molecular complexity index is 591. The number of rotatable bonds is 24. The zero-order valence-electron chi connectivity index (χ0n) is 22.5. The molecule has 10 nitrogen and oxygen atoms in total. The van der Waals surface area contributed by atoms with Crippen LogP contribution in [0.5, 0.6) is 0 Å². The average molecular weight is 500 g/mol. The number of nitrogens with two attached hydrogens (primary N) is 3. The molecular weight excluding hydrogens is 446 g/mol. The van der Waals surface area contributed by atoms with Crippen LogP contribution in [0.4, 0.5) is 0 Å². The standard InChI is InChI=1S/C25H53N7O3/c1-5-29-32-23(14-8-11-17-28)25(35)18(2)24(34)22(13-7-10-16-27)31-20(4)30-21(19(3)33)12-6-9-15-26/h18,20-23,29-32H,5-17,26-28H2,1-4H3/t18?,20?,21-,22-,23-/m0/s1. The first-order valence-corrected chi connectivity index (χ1v) is 13.4. The molecule has 0 saturated heterocycles. The van der Waals surface area contributed by atoms with Crippen molar-refractivity contribution in [2.24, 2.45) is 23.1 Å². The van der Waals surface area contributed by atoms with E-state index in [0.717, 1.165) is 38.5 Å². The molecule has 0 bridgehead atoms. The quantitative estimate of drug-likeness (QED) is 0.0427. The third-order valence-corrected chi connectivity index (χ3v) is 6.23. The number of ketones is 3. The highest BCUT2D eigenvalue weighted by molar-refractivity contribution is 6.06. The average Bonchev–Trinajstić information content (AvgIpc) is 2.83. The normalized spacial score (nSPS) is 15.9. The molecule has 0 aromatic rings. The molecule has 206 valence electrons. The van der Waals surface area contributed by atoms with Gasteiger partial charge in [-0.15, -0.1) is 0 Å². The van der Waals surface area contributed by atoms with E-state index in [9.17, 15) is 14.4 Å². The second kappa shape index (κ2) is 20.9. The number of Topliss-reactive ketones (excluding diaryl/α,β-unsaturated/α-hetero) is 3. The Kier molecular flexibility index (Phi) is 20.1. The molecule has 10 N–H and O–H groups in total. The minimum absolute atomic E-state index is 0.0556. The molecule has 0 fully saturated rings. The van der Waals surface area contributed by atoms with Crippen LogP contribution in [0.2, 0.25) is 0 Å². The summed E-state index contributed by atoms with van der Waals surface area (Å²) in [5, 5.41) is 6.65. The first kappa shape index (κ1) is 33.7. The first-order chi connectivity index (χ1) is 16.7. The van der Waals surface area contributed by atoms with Crippen molar-refractivity contribution in [3.05, 3.63) is 0 Å². The van der Waals surface area contributed by atoms with Crippen LogP contribution in [0, 0.1) is 5.92 Å². The predicted molar refractivity (Wildman–Crippen MR) is 142 cm³/mol. The van der Waals surface area contributed by atoms with E-state index < -0.39 is 18.0 Å². The van der Waals surface area contributed by atoms with Gasteiger partial charge in [-0.1, -0.05) is 26.2 Å². The van der Waals surface area contributed by atoms with E-state index >= 15 is 0 Å². The molecule has 0 rings (SSSR count). The van der Waals surface area contributed by atoms with Crippen molar-refractivity contribution < 1.29 is 14.4 Å². The molecule has 0 aromatic heterocycles. The second-order valence-corrected chi connectivity index (χ2v) is 9.38. The van der Waals surface area contributed by atoms with E-state index in [2.05, 4.69) is 21.5 Å². The summed E-state index contributed by atoms with van der Waals surface area (Å²) in [5.41, 5.74) is 22.9. The molecule has 0 radical (unpaired) electrons. The minimum Gasteiger partial charge on any atom is -0.330 e. The highest BCUT2D eigenvalue weighted by Crippen LogP contribution is 2.14. The molecule has 0 aliphatic rings. The fourth-order valence-electron chi connectivity index (χ4n) is 4.10. The Morgan fingerprint density at radius 2 is 1.11 bits per heavy atom. The van der Waals surface area contributed by atoms with Gasteiger partial charge in [-0.3, -0.25) is 30.4 Å². The van der Waals surface area contributed by atoms with Crippen molar-refractivity contribution in [1.82, 2.24) is 21.5 Å². The Hall–Kier alpha value is -1.27. The van der Waals surface area contributed by atoms with Crippen LogP contribution in [-0.4, -0.2) is 67.8 Å². The third kappa shape index (κ3) is 14.8. The lowest BCUT2D eigenvalue weighted by atomic mass is 9.88. The molecule has 0 spiro atoms. The maximum absolute atomic E-state index is 13.5. The third-order valence-electron chi connectivity index (χ3n) is 6.23. The van der Waals surface area contributed by atoms with Gasteiger partial charge >= 0.3 is 0 Å². The van der Waals surface area contributed by atoms with Crippen molar-refractivity contribution in [1.29, 1.82) is 0 Å². The molecule has 2 unspecified atom stereocenters. The van der Waals surface area contributed by atoms with Crippen LogP contribution in [-0.2, 0) is 14.4 Å². The van der Waals surface area contributed by atoms with Gasteiger partial charge in [-0.25, -0.2) is 5.43 Å². The van der Waals surface area contributed by atoms with Crippen molar-refractivity contribution >= 4 is 17.3 Å². The summed E-state index contributed by atoms with van der Waals surface area (Å²) in [6, 6.07) is -1.27. The summed E-state index contributed by atoms with van der Waals surface area (Å²) < 4.78 is 0. The molecular formula is C25H53N7O3. The van der Waals surface area contributed by atoms with Gasteiger partial charge in [0.25, 0.3) is 0 Å². The van der Waals surface area contributed by atoms with Gasteiger partial charge in [-0.2, -0.15) is 0 Å². The number of unbranched alkanes of at least 4 members (excludes halogenated alkanes) is 3. The van der Waals surface area contributed by atoms with Gasteiger partial charge < -0.3 is 17.2 Å². The number of nitrogens with one attached hydrogen (secondary N) is 4. The molecule has 0 heterocycles. The fourth-order valence-corrected chi connectivity index (χ4v) is 4.10. The predicted octanol–water partition coefficient (Wildman–Crippen LogP) is 0.482. The number of carbonyl (C=O) groups is 3. The summed E-state index contributed by atoms with van der Waals surface area (Å²) >= 11 is 0. The van der Waals surface area contributed by atoms with Gasteiger partial charge in [0.05, 0.1) is 30.2 Å². The topological polar surface area (TPSA) is 177 Å². The van der Waals surface area contributed by atoms with Gasteiger partial charge in [0.15, 0.2) is 11.6 Å². The van der Waals surface area contributed by atoms with Crippen LogP contribution < -0.4 is 38.7 Å². The van der Waals surface area contributed by atoms with Crippen molar-refractivity contribution in [2.45, 2.75) is 110 Å². The number of hydrogen-bond acceptors (Lipinski definition) is 10. The van der Waals surface area contributed by atoms with Crippen molar-refractivity contribution in [2.75, 3.05) is 26.2 Å². The number of carbonyl (C=O) groups excluding carboxylic acids is 3. The fraction of sp³-hybridized carbons (Fsp3) is 0.880. The van der Waals surface area contributed by atoms with Crippen LogP contribution in [0.3, 0.4) is 0 Å². The molecule has 0 amide bonds. The number of hydrazine groups is 1. The lowest BCUT2D eigenvalue weighted by molar-refractivity contribution is -0.135. The Morgan fingerprint density at radius 3 is 1.57 bits per heavy atom. The monoisotopic (exact) mass is 499 g/mol. The highest BCUT2D eigenvalue weighted by Gasteiger charge is 2.33. The second-order valence-electron chi connectivity index (χ2n) is 9.38. The van der Waals surface area contributed by atoms with Gasteiger partial charge in [0.2, 0.25) is 0 Å². The van der Waals surface area contributed by atoms with Crippen LogP contribution in [0.15, 0.2) is 0 Å². The molecule has 0 aromatic carbocycles. The Balaban J connectivity index is 5.33. The summed E-state index contributed by atoms with van der Waals surface area (Å²) in [5.74, 6) is -0.965. The van der Waals surface area contributed by atoms with E-state index in [0.29, 0.717) is 45.4 Å². The smallest absolute Gasteiger partial charge is 0.161 e. The summed E-state index contributed by atoms with van der Waals surface area (Å²) in [6.45, 7) is 9.48. The van der Waals surface area contributed by atoms with E-state index in [1.165, 1.54) is 0 Å². The zero-order chi connectivity index (χ0) is 26.6. The van der Waals surface area contributed by atoms with Crippen LogP contribution >= 0.6 is 0 Å². The van der Waals surface area contributed by atoms with Gasteiger partial charge in [0.1, 0.15) is 5.78 Å². The number of hydrogen-bond donors (Lipinski definition) is 7. The maximum Gasteiger partial charge on any atom is 0.161 e. The molecule has 5 atom stereocenters. The lowest BCUT2D eigenvalue weighted by Crippen LogP contribution is -2.55. The lowest BCUT2D eigenvalue weighted by Gasteiger charge is -2.29. The van der Waals surface area contributed by atoms with E-state index in [-0.39, 0.29) is 29.6 Å². The zero-order valence-corrected chi connectivity index (χ0v) is 22.5. The summed E-state index contributed by atoms with van der Waals surface area (Å²) in [7, 11) is 0. The first-order valence-electron chi connectivity index (χ1n) is 13.4. The molecule has 0 aliphatic carbocycles. The van der Waals surface area contributed by atoms with Crippen LogP contribution in [0.1, 0.15) is 85.5 Å². The maximum atomic E-state index is 13.5. The summed E-state index contributed by atoms with van der Waals surface area (Å²) in [4.78, 5) is 38.8. The Labute approximate surface area is 212 Å². The van der Waals surface area contributed by atoms with E-state index in [1.54, 1.807) is 13.8 Å². The van der Waals surface area contributed by atoms with Gasteiger partial charge in [-0.05, 0) is 78.9 Å².